The molecule has 0 amide bonds. The molecule has 0 aliphatic carbocycles. The van der Waals surface area contributed by atoms with Crippen LogP contribution in [0.4, 0.5) is 0 Å². The molecular formula is C6H18BO3P. The molecule has 0 aromatic heterocycles. The van der Waals surface area contributed by atoms with Gasteiger partial charge in [-0.3, -0.25) is 0 Å². The highest BCUT2D eigenvalue weighted by molar-refractivity contribution is 7.72. The molecule has 0 fully saturated rings. The van der Waals surface area contributed by atoms with E-state index in [9.17, 15) is 5.02 Å². The molecule has 0 atom stereocenters. The Balaban J connectivity index is 0. The van der Waals surface area contributed by atoms with E-state index in [1.54, 1.807) is 0 Å². The van der Waals surface area contributed by atoms with Gasteiger partial charge >= 0.3 is 7.32 Å². The molecular weight excluding hydrogens is 162 g/mol. The van der Waals surface area contributed by atoms with Crippen molar-refractivity contribution in [3.8, 4) is 0 Å². The molecule has 3 nitrogen and oxygen atoms in total. The fourth-order valence-corrected chi connectivity index (χ4v) is 0.0962. The van der Waals surface area contributed by atoms with Crippen molar-refractivity contribution in [1.29, 1.82) is 0 Å². The quantitative estimate of drug-likeness (QED) is 0.448. The fraction of sp³-hybridized carbons (Fsp3) is 1.00. The summed E-state index contributed by atoms with van der Waals surface area (Å²) in [6.45, 7) is 9.19. The van der Waals surface area contributed by atoms with Gasteiger partial charge in [-0.2, -0.15) is 0 Å². The topological polar surface area (TPSA) is 41.5 Å². The van der Waals surface area contributed by atoms with Crippen LogP contribution in [0, 0.1) is 0 Å². The minimum absolute atomic E-state index is 0.389. The third-order valence-corrected chi connectivity index (χ3v) is 0.385. The van der Waals surface area contributed by atoms with Crippen LogP contribution in [0.5, 0.6) is 0 Å². The van der Waals surface area contributed by atoms with Gasteiger partial charge in [0.15, 0.2) is 0 Å². The lowest BCUT2D eigenvalue weighted by atomic mass is 10.3. The third kappa shape index (κ3) is 38.0. The fourth-order valence-electron chi connectivity index (χ4n) is 0.0962. The van der Waals surface area contributed by atoms with Crippen molar-refractivity contribution in [3.05, 3.63) is 0 Å². The first kappa shape index (κ1) is 13.9. The monoisotopic (exact) mass is 180 g/mol. The van der Waals surface area contributed by atoms with E-state index in [-0.39, 0.29) is 7.26 Å². The van der Waals surface area contributed by atoms with E-state index >= 15 is 0 Å². The van der Waals surface area contributed by atoms with E-state index in [4.69, 9.17) is 0 Å². The smallest absolute Gasteiger partial charge is 0.344 e. The van der Waals surface area contributed by atoms with Gasteiger partial charge < -0.3 is 14.3 Å². The van der Waals surface area contributed by atoms with Gasteiger partial charge in [0.25, 0.3) is 0 Å². The molecule has 0 aromatic rings. The Morgan fingerprint density at radius 3 is 1.18 bits per heavy atom. The van der Waals surface area contributed by atoms with Crippen LogP contribution in [0.1, 0.15) is 0 Å². The Kier molecular flexibility index (Phi) is 8.93. The van der Waals surface area contributed by atoms with Crippen LogP contribution in [-0.4, -0.2) is 48.2 Å². The van der Waals surface area contributed by atoms with Crippen molar-refractivity contribution in [2.24, 2.45) is 0 Å². The average Bonchev–Trinajstić information content (AvgIpc) is 1.83. The number of hydrogen-bond acceptors (Lipinski definition) is 3. The van der Waals surface area contributed by atoms with E-state index in [0.29, 0.717) is 0 Å². The second-order valence-corrected chi connectivity index (χ2v) is 8.81. The van der Waals surface area contributed by atoms with Crippen LogP contribution in [0.2, 0.25) is 0 Å². The number of rotatable bonds is 2. The maximum absolute atomic E-state index is 9.82. The van der Waals surface area contributed by atoms with E-state index in [1.165, 1.54) is 14.2 Å². The van der Waals surface area contributed by atoms with Crippen molar-refractivity contribution in [3.63, 3.8) is 0 Å². The zero-order chi connectivity index (χ0) is 9.49. The molecule has 0 rings (SSSR count). The van der Waals surface area contributed by atoms with Crippen LogP contribution in [0.3, 0.4) is 0 Å². The highest BCUT2D eigenvalue weighted by Gasteiger charge is 2.03. The van der Waals surface area contributed by atoms with Crippen LogP contribution in [0.25, 0.3) is 0 Å². The summed E-state index contributed by atoms with van der Waals surface area (Å²) >= 11 is 0. The summed E-state index contributed by atoms with van der Waals surface area (Å²) in [4.78, 5) is 0. The van der Waals surface area contributed by atoms with Crippen molar-refractivity contribution >= 4 is 14.6 Å². The van der Waals surface area contributed by atoms with Crippen LogP contribution in [0.15, 0.2) is 0 Å². The van der Waals surface area contributed by atoms with E-state index in [2.05, 4.69) is 36.0 Å². The minimum atomic E-state index is -1.31. The van der Waals surface area contributed by atoms with Gasteiger partial charge in [0, 0.05) is 48.1 Å². The Morgan fingerprint density at radius 2 is 1.18 bits per heavy atom. The molecule has 68 valence electrons. The highest BCUT2D eigenvalue weighted by Crippen LogP contribution is 2.40. The van der Waals surface area contributed by atoms with Gasteiger partial charge in [0.2, 0.25) is 0 Å². The Bertz CT molecular complexity index is 74.4. The Labute approximate surface area is 70.6 Å². The average molecular weight is 180 g/mol. The standard InChI is InChI=1S/C4H12P.C2H6BO3/c1-5(2,3)4;1-5-3(4)6-2/h1-4H3;1-2H3/q+1;-1. The van der Waals surface area contributed by atoms with Crippen molar-refractivity contribution in [1.82, 2.24) is 0 Å². The maximum Gasteiger partial charge on any atom is 0.344 e. The second kappa shape index (κ2) is 7.05. The molecule has 0 saturated carbocycles. The first-order valence-corrected chi connectivity index (χ1v) is 6.89. The summed E-state index contributed by atoms with van der Waals surface area (Å²) in [6, 6.07) is 0. The molecule has 0 aliphatic rings. The summed E-state index contributed by atoms with van der Waals surface area (Å²) in [7, 11) is 0.882. The molecule has 0 unspecified atom stereocenters. The largest absolute Gasteiger partial charge is 0.832 e. The zero-order valence-corrected chi connectivity index (χ0v) is 9.14. The molecule has 0 aromatic carbocycles. The minimum Gasteiger partial charge on any atom is -0.832 e. The van der Waals surface area contributed by atoms with Gasteiger partial charge in [-0.1, -0.05) is 0 Å². The summed E-state index contributed by atoms with van der Waals surface area (Å²) < 4.78 is 8.24. The second-order valence-electron chi connectivity index (χ2n) is 3.44. The van der Waals surface area contributed by atoms with E-state index in [1.807, 2.05) is 0 Å². The lowest BCUT2D eigenvalue weighted by Gasteiger charge is -2.10. The zero-order valence-electron chi connectivity index (χ0n) is 8.25. The van der Waals surface area contributed by atoms with Gasteiger partial charge in [-0.15, -0.1) is 0 Å². The van der Waals surface area contributed by atoms with E-state index in [0.717, 1.165) is 0 Å². The van der Waals surface area contributed by atoms with Gasteiger partial charge in [0.1, 0.15) is 0 Å². The summed E-state index contributed by atoms with van der Waals surface area (Å²) in [5, 5.41) is 9.82. The molecule has 0 aliphatic heterocycles. The van der Waals surface area contributed by atoms with Crippen molar-refractivity contribution in [2.75, 3.05) is 40.9 Å². The lowest BCUT2D eigenvalue weighted by Crippen LogP contribution is -2.35. The Morgan fingerprint density at radius 1 is 1.00 bits per heavy atom. The molecule has 5 heteroatoms. The highest BCUT2D eigenvalue weighted by atomic mass is 31.2. The Hall–Kier alpha value is 0.375. The van der Waals surface area contributed by atoms with Crippen LogP contribution >= 0.6 is 7.26 Å². The van der Waals surface area contributed by atoms with Crippen molar-refractivity contribution in [2.45, 2.75) is 0 Å². The molecule has 0 bridgehead atoms. The number of hydrogen-bond donors (Lipinski definition) is 0. The summed E-state index contributed by atoms with van der Waals surface area (Å²) in [5.41, 5.74) is 0. The predicted octanol–water partition coefficient (Wildman–Crippen LogP) is 0.148. The molecule has 0 heterocycles. The molecule has 0 N–H and O–H groups in total. The SMILES string of the molecule is COB([O-])OC.C[P+](C)(C)C. The normalized spacial score (nSPS) is 10.1. The molecule has 0 radical (unpaired) electrons. The molecule has 0 saturated heterocycles. The van der Waals surface area contributed by atoms with Crippen molar-refractivity contribution < 1.29 is 14.3 Å². The first-order chi connectivity index (χ1) is 4.81. The first-order valence-electron chi connectivity index (χ1n) is 3.31. The maximum atomic E-state index is 9.82. The lowest BCUT2D eigenvalue weighted by molar-refractivity contribution is -0.249. The predicted molar refractivity (Wildman–Crippen MR) is 50.4 cm³/mol. The van der Waals surface area contributed by atoms with Crippen LogP contribution < -0.4 is 5.02 Å². The summed E-state index contributed by atoms with van der Waals surface area (Å²) in [6.07, 6.45) is 0. The van der Waals surface area contributed by atoms with E-state index < -0.39 is 7.32 Å². The van der Waals surface area contributed by atoms with Crippen LogP contribution in [-0.2, 0) is 9.31 Å². The molecule has 11 heavy (non-hydrogen) atoms. The van der Waals surface area contributed by atoms with Gasteiger partial charge in [0.05, 0.1) is 0 Å². The summed E-state index contributed by atoms with van der Waals surface area (Å²) in [5.74, 6) is 0. The van der Waals surface area contributed by atoms with Gasteiger partial charge in [-0.05, 0) is 0 Å². The third-order valence-electron chi connectivity index (χ3n) is 0.385. The van der Waals surface area contributed by atoms with Gasteiger partial charge in [-0.25, -0.2) is 0 Å². The molecule has 0 spiro atoms.